The van der Waals surface area contributed by atoms with Gasteiger partial charge in [-0.3, -0.25) is 0 Å². The van der Waals surface area contributed by atoms with Crippen molar-refractivity contribution in [2.24, 2.45) is 10.2 Å². The molecule has 1 aromatic carbocycles. The van der Waals surface area contributed by atoms with E-state index in [-0.39, 0.29) is 0 Å². The number of benzene rings is 1. The summed E-state index contributed by atoms with van der Waals surface area (Å²) in [6, 6.07) is 5.42. The summed E-state index contributed by atoms with van der Waals surface area (Å²) >= 11 is 0. The highest BCUT2D eigenvalue weighted by Gasteiger charge is 2.08. The third kappa shape index (κ3) is 1.87. The van der Waals surface area contributed by atoms with Crippen LogP contribution in [0.3, 0.4) is 0 Å². The number of anilines is 1. The molecule has 3 heterocycles. The van der Waals surface area contributed by atoms with Crippen molar-refractivity contribution in [3.63, 3.8) is 0 Å². The first-order chi connectivity index (χ1) is 10.3. The van der Waals surface area contributed by atoms with Crippen LogP contribution in [0.5, 0.6) is 0 Å². The van der Waals surface area contributed by atoms with Gasteiger partial charge in [0, 0.05) is 6.20 Å². The summed E-state index contributed by atoms with van der Waals surface area (Å²) in [7, 11) is 0. The van der Waals surface area contributed by atoms with Crippen molar-refractivity contribution in [3.8, 4) is 0 Å². The van der Waals surface area contributed by atoms with Gasteiger partial charge in [0.2, 0.25) is 0 Å². The van der Waals surface area contributed by atoms with E-state index in [2.05, 4.69) is 40.6 Å². The predicted molar refractivity (Wildman–Crippen MR) is 76.4 cm³/mol. The smallest absolute Gasteiger partial charge is 0.145 e. The molecule has 0 atom stereocenters. The van der Waals surface area contributed by atoms with Crippen LogP contribution < -0.4 is 5.73 Å². The Balaban J connectivity index is 1.76. The SMILES string of the molecule is Nc1ncnc2[nH]cc(N=Nc3ccc4n[nH]nc4c3)c12. The topological polar surface area (TPSA) is 134 Å². The number of nitrogens with zero attached hydrogens (tertiary/aromatic N) is 6. The fraction of sp³-hybridized carbons (Fsp3) is 0. The van der Waals surface area contributed by atoms with Crippen LogP contribution in [0.1, 0.15) is 0 Å². The quantitative estimate of drug-likeness (QED) is 0.483. The number of azo groups is 1. The Labute approximate surface area is 117 Å². The van der Waals surface area contributed by atoms with E-state index in [1.165, 1.54) is 6.33 Å². The number of rotatable bonds is 2. The number of fused-ring (bicyclic) bond motifs is 2. The van der Waals surface area contributed by atoms with Crippen molar-refractivity contribution in [2.45, 2.75) is 0 Å². The van der Waals surface area contributed by atoms with E-state index in [0.717, 1.165) is 11.0 Å². The molecule has 21 heavy (non-hydrogen) atoms. The number of nitrogens with two attached hydrogens (primary N) is 1. The molecule has 0 radical (unpaired) electrons. The van der Waals surface area contributed by atoms with Crippen LogP contribution in [0, 0.1) is 0 Å². The van der Waals surface area contributed by atoms with E-state index in [4.69, 9.17) is 5.73 Å². The first kappa shape index (κ1) is 11.5. The lowest BCUT2D eigenvalue weighted by molar-refractivity contribution is 0.959. The molecule has 3 aromatic heterocycles. The van der Waals surface area contributed by atoms with Gasteiger partial charge in [0.05, 0.1) is 11.1 Å². The molecule has 0 aliphatic rings. The monoisotopic (exact) mass is 279 g/mol. The van der Waals surface area contributed by atoms with Crippen molar-refractivity contribution in [2.75, 3.05) is 5.73 Å². The molecule has 0 unspecified atom stereocenters. The molecule has 0 saturated carbocycles. The zero-order chi connectivity index (χ0) is 14.2. The van der Waals surface area contributed by atoms with Gasteiger partial charge in [-0.05, 0) is 18.2 Å². The van der Waals surface area contributed by atoms with Gasteiger partial charge in [-0.1, -0.05) is 0 Å². The molecule has 4 rings (SSSR count). The van der Waals surface area contributed by atoms with E-state index in [9.17, 15) is 0 Å². The van der Waals surface area contributed by atoms with E-state index in [1.807, 2.05) is 12.1 Å². The van der Waals surface area contributed by atoms with Crippen LogP contribution in [0.2, 0.25) is 0 Å². The number of nitrogen functional groups attached to an aromatic ring is 1. The first-order valence-electron chi connectivity index (χ1n) is 6.11. The molecule has 0 saturated heterocycles. The van der Waals surface area contributed by atoms with Gasteiger partial charge >= 0.3 is 0 Å². The largest absolute Gasteiger partial charge is 0.383 e. The molecule has 9 heteroatoms. The zero-order valence-corrected chi connectivity index (χ0v) is 10.6. The minimum Gasteiger partial charge on any atom is -0.383 e. The Morgan fingerprint density at radius 3 is 2.90 bits per heavy atom. The van der Waals surface area contributed by atoms with Gasteiger partial charge in [0.15, 0.2) is 0 Å². The van der Waals surface area contributed by atoms with E-state index in [0.29, 0.717) is 28.2 Å². The Kier molecular flexibility index (Phi) is 2.37. The number of hydrogen-bond acceptors (Lipinski definition) is 7. The second-order valence-electron chi connectivity index (χ2n) is 4.35. The maximum Gasteiger partial charge on any atom is 0.145 e. The normalized spacial score (nSPS) is 11.8. The number of nitrogens with one attached hydrogen (secondary N) is 2. The molecule has 0 fully saturated rings. The van der Waals surface area contributed by atoms with Crippen LogP contribution in [0.4, 0.5) is 17.2 Å². The summed E-state index contributed by atoms with van der Waals surface area (Å²) in [5, 5.41) is 19.6. The van der Waals surface area contributed by atoms with Crippen molar-refractivity contribution in [3.05, 3.63) is 30.7 Å². The first-order valence-corrected chi connectivity index (χ1v) is 6.11. The number of aromatic amines is 2. The second-order valence-corrected chi connectivity index (χ2v) is 4.35. The Bertz CT molecular complexity index is 965. The van der Waals surface area contributed by atoms with E-state index >= 15 is 0 Å². The average molecular weight is 279 g/mol. The lowest BCUT2D eigenvalue weighted by Crippen LogP contribution is -1.91. The summed E-state index contributed by atoms with van der Waals surface area (Å²) < 4.78 is 0. The average Bonchev–Trinajstić information content (AvgIpc) is 3.11. The lowest BCUT2D eigenvalue weighted by Gasteiger charge is -1.95. The molecule has 9 nitrogen and oxygen atoms in total. The zero-order valence-electron chi connectivity index (χ0n) is 10.6. The van der Waals surface area contributed by atoms with Gasteiger partial charge in [0.25, 0.3) is 0 Å². The minimum absolute atomic E-state index is 0.363. The Morgan fingerprint density at radius 2 is 1.95 bits per heavy atom. The van der Waals surface area contributed by atoms with Crippen LogP contribution >= 0.6 is 0 Å². The number of H-pyrrole nitrogens is 2. The molecule has 102 valence electrons. The standard InChI is InChI=1S/C12H9N9/c13-11-10-9(4-14-12(10)16-5-15-11)18-17-6-1-2-7-8(3-6)20-21-19-7/h1-5H,(H,19,20,21)(H3,13,14,15,16). The summed E-state index contributed by atoms with van der Waals surface area (Å²) in [4.78, 5) is 11.0. The Morgan fingerprint density at radius 1 is 1.05 bits per heavy atom. The van der Waals surface area contributed by atoms with Crippen LogP contribution in [0.15, 0.2) is 41.0 Å². The lowest BCUT2D eigenvalue weighted by atomic mass is 10.3. The van der Waals surface area contributed by atoms with Crippen LogP contribution in [-0.2, 0) is 0 Å². The van der Waals surface area contributed by atoms with E-state index < -0.39 is 0 Å². The molecular weight excluding hydrogens is 270 g/mol. The predicted octanol–water partition coefficient (Wildman–Crippen LogP) is 2.23. The molecule has 0 bridgehead atoms. The molecule has 0 amide bonds. The molecule has 4 aromatic rings. The molecule has 0 aliphatic carbocycles. The van der Waals surface area contributed by atoms with Gasteiger partial charge in [0.1, 0.15) is 34.5 Å². The van der Waals surface area contributed by atoms with Crippen molar-refractivity contribution in [1.82, 2.24) is 30.4 Å². The maximum absolute atomic E-state index is 5.84. The highest BCUT2D eigenvalue weighted by molar-refractivity contribution is 5.96. The van der Waals surface area contributed by atoms with Gasteiger partial charge in [-0.25, -0.2) is 9.97 Å². The van der Waals surface area contributed by atoms with E-state index in [1.54, 1.807) is 12.3 Å². The van der Waals surface area contributed by atoms with Gasteiger partial charge in [-0.2, -0.15) is 20.5 Å². The molecular formula is C12H9N9. The van der Waals surface area contributed by atoms with Crippen molar-refractivity contribution >= 4 is 39.3 Å². The maximum atomic E-state index is 5.84. The second kappa shape index (κ2) is 4.34. The summed E-state index contributed by atoms with van der Waals surface area (Å²) in [5.74, 6) is 0.363. The number of hydrogen-bond donors (Lipinski definition) is 3. The van der Waals surface area contributed by atoms with Crippen molar-refractivity contribution < 1.29 is 0 Å². The molecule has 0 aliphatic heterocycles. The Hall–Kier alpha value is -3.36. The highest BCUT2D eigenvalue weighted by atomic mass is 15.3. The molecule has 0 spiro atoms. The minimum atomic E-state index is 0.363. The molecule has 4 N–H and O–H groups in total. The van der Waals surface area contributed by atoms with Crippen molar-refractivity contribution in [1.29, 1.82) is 0 Å². The fourth-order valence-corrected chi connectivity index (χ4v) is 2.05. The highest BCUT2D eigenvalue weighted by Crippen LogP contribution is 2.29. The van der Waals surface area contributed by atoms with Crippen LogP contribution in [0.25, 0.3) is 22.1 Å². The van der Waals surface area contributed by atoms with Gasteiger partial charge < -0.3 is 10.7 Å². The third-order valence-electron chi connectivity index (χ3n) is 3.05. The summed E-state index contributed by atoms with van der Waals surface area (Å²) in [6.45, 7) is 0. The van der Waals surface area contributed by atoms with Gasteiger partial charge in [-0.15, -0.1) is 5.11 Å². The summed E-state index contributed by atoms with van der Waals surface area (Å²) in [5.41, 5.74) is 9.22. The summed E-state index contributed by atoms with van der Waals surface area (Å²) in [6.07, 6.45) is 3.08. The van der Waals surface area contributed by atoms with Crippen LogP contribution in [-0.4, -0.2) is 30.4 Å². The third-order valence-corrected chi connectivity index (χ3v) is 3.05. The fourth-order valence-electron chi connectivity index (χ4n) is 2.05. The number of aromatic nitrogens is 6.